The normalized spacial score (nSPS) is 19.0. The van der Waals surface area contributed by atoms with E-state index in [0.717, 1.165) is 0 Å². The first-order valence-corrected chi connectivity index (χ1v) is 6.54. The minimum absolute atomic E-state index is 0.0347. The van der Waals surface area contributed by atoms with Crippen LogP contribution in [0.5, 0.6) is 0 Å². The van der Waals surface area contributed by atoms with Crippen LogP contribution in [0.2, 0.25) is 0 Å². The standard InChI is InChI=1S/C13H23NO4/c1-4-13(12(16)17)5-7-14(8-6-13)11(15)9-18-10(2)3/h10H,4-9H2,1-3H3,(H,16,17). The Labute approximate surface area is 108 Å². The smallest absolute Gasteiger partial charge is 0.309 e. The summed E-state index contributed by atoms with van der Waals surface area (Å²) in [5.74, 6) is -0.783. The highest BCUT2D eigenvalue weighted by Crippen LogP contribution is 2.35. The molecule has 5 nitrogen and oxygen atoms in total. The maximum Gasteiger partial charge on any atom is 0.309 e. The lowest BCUT2D eigenvalue weighted by molar-refractivity contribution is -0.155. The summed E-state index contributed by atoms with van der Waals surface area (Å²) in [6.07, 6.45) is 1.72. The number of amides is 1. The summed E-state index contributed by atoms with van der Waals surface area (Å²) in [7, 11) is 0. The number of carbonyl (C=O) groups is 2. The summed E-state index contributed by atoms with van der Waals surface area (Å²) in [5.41, 5.74) is -0.643. The number of carboxylic acids is 1. The SMILES string of the molecule is CCC1(C(=O)O)CCN(C(=O)COC(C)C)CC1. The number of rotatable bonds is 5. The van der Waals surface area contributed by atoms with Crippen molar-refractivity contribution >= 4 is 11.9 Å². The number of aliphatic carboxylic acids is 1. The molecule has 0 radical (unpaired) electrons. The molecule has 1 N–H and O–H groups in total. The monoisotopic (exact) mass is 257 g/mol. The number of piperidine rings is 1. The Hall–Kier alpha value is -1.10. The van der Waals surface area contributed by atoms with Crippen molar-refractivity contribution in [2.45, 2.75) is 46.1 Å². The second-order valence-electron chi connectivity index (χ2n) is 5.18. The second kappa shape index (κ2) is 6.18. The Morgan fingerprint density at radius 3 is 2.28 bits per heavy atom. The van der Waals surface area contributed by atoms with Gasteiger partial charge in [-0.3, -0.25) is 9.59 Å². The van der Waals surface area contributed by atoms with E-state index in [0.29, 0.717) is 32.4 Å². The van der Waals surface area contributed by atoms with E-state index < -0.39 is 11.4 Å². The van der Waals surface area contributed by atoms with Crippen LogP contribution in [-0.4, -0.2) is 47.7 Å². The fourth-order valence-electron chi connectivity index (χ4n) is 2.23. The zero-order chi connectivity index (χ0) is 13.8. The van der Waals surface area contributed by atoms with Gasteiger partial charge in [-0.05, 0) is 33.1 Å². The van der Waals surface area contributed by atoms with Gasteiger partial charge in [0.2, 0.25) is 5.91 Å². The summed E-state index contributed by atoms with van der Waals surface area (Å²) < 4.78 is 5.28. The van der Waals surface area contributed by atoms with E-state index >= 15 is 0 Å². The Morgan fingerprint density at radius 2 is 1.89 bits per heavy atom. The average Bonchev–Trinajstić information content (AvgIpc) is 2.35. The van der Waals surface area contributed by atoms with Crippen LogP contribution in [0.25, 0.3) is 0 Å². The van der Waals surface area contributed by atoms with Gasteiger partial charge in [-0.1, -0.05) is 6.92 Å². The molecule has 1 saturated heterocycles. The Kier molecular flexibility index (Phi) is 5.14. The molecule has 0 aromatic rings. The van der Waals surface area contributed by atoms with Crippen molar-refractivity contribution in [1.82, 2.24) is 4.90 Å². The van der Waals surface area contributed by atoms with Gasteiger partial charge in [0.15, 0.2) is 0 Å². The van der Waals surface area contributed by atoms with Crippen LogP contribution in [0.15, 0.2) is 0 Å². The fraction of sp³-hybridized carbons (Fsp3) is 0.846. The molecule has 0 spiro atoms. The molecule has 1 rings (SSSR count). The highest BCUT2D eigenvalue weighted by molar-refractivity contribution is 5.79. The Morgan fingerprint density at radius 1 is 1.33 bits per heavy atom. The summed E-state index contributed by atoms with van der Waals surface area (Å²) in [6, 6.07) is 0. The van der Waals surface area contributed by atoms with Crippen molar-refractivity contribution in [2.24, 2.45) is 5.41 Å². The molecule has 0 aromatic carbocycles. The number of hydrogen-bond acceptors (Lipinski definition) is 3. The van der Waals surface area contributed by atoms with Gasteiger partial charge in [0, 0.05) is 13.1 Å². The van der Waals surface area contributed by atoms with E-state index in [1.54, 1.807) is 4.90 Å². The van der Waals surface area contributed by atoms with E-state index in [1.165, 1.54) is 0 Å². The summed E-state index contributed by atoms with van der Waals surface area (Å²) >= 11 is 0. The molecule has 0 bridgehead atoms. The first kappa shape index (κ1) is 15.0. The molecule has 1 aliphatic rings. The van der Waals surface area contributed by atoms with Crippen LogP contribution in [0.4, 0.5) is 0 Å². The fourth-order valence-corrected chi connectivity index (χ4v) is 2.23. The average molecular weight is 257 g/mol. The minimum atomic E-state index is -0.740. The number of carbonyl (C=O) groups excluding carboxylic acids is 1. The molecule has 0 aromatic heterocycles. The maximum absolute atomic E-state index is 11.8. The highest BCUT2D eigenvalue weighted by atomic mass is 16.5. The lowest BCUT2D eigenvalue weighted by Crippen LogP contribution is -2.47. The van der Waals surface area contributed by atoms with E-state index in [1.807, 2.05) is 20.8 Å². The van der Waals surface area contributed by atoms with Gasteiger partial charge in [-0.15, -0.1) is 0 Å². The molecule has 0 unspecified atom stereocenters. The molecular weight excluding hydrogens is 234 g/mol. The van der Waals surface area contributed by atoms with Gasteiger partial charge in [-0.2, -0.15) is 0 Å². The predicted molar refractivity (Wildman–Crippen MR) is 67.3 cm³/mol. The molecule has 0 atom stereocenters. The topological polar surface area (TPSA) is 66.8 Å². The predicted octanol–water partition coefficient (Wildman–Crippen LogP) is 1.51. The van der Waals surface area contributed by atoms with E-state index in [-0.39, 0.29) is 18.6 Å². The van der Waals surface area contributed by atoms with Gasteiger partial charge in [0.1, 0.15) is 6.61 Å². The van der Waals surface area contributed by atoms with E-state index in [2.05, 4.69) is 0 Å². The highest BCUT2D eigenvalue weighted by Gasteiger charge is 2.40. The largest absolute Gasteiger partial charge is 0.481 e. The zero-order valence-electron chi connectivity index (χ0n) is 11.4. The molecule has 5 heteroatoms. The molecule has 18 heavy (non-hydrogen) atoms. The maximum atomic E-state index is 11.8. The molecule has 1 heterocycles. The van der Waals surface area contributed by atoms with Gasteiger partial charge in [-0.25, -0.2) is 0 Å². The molecule has 1 amide bonds. The van der Waals surface area contributed by atoms with Crippen LogP contribution < -0.4 is 0 Å². The van der Waals surface area contributed by atoms with Crippen molar-refractivity contribution in [2.75, 3.05) is 19.7 Å². The van der Waals surface area contributed by atoms with Crippen molar-refractivity contribution in [3.63, 3.8) is 0 Å². The molecule has 1 aliphatic heterocycles. The van der Waals surface area contributed by atoms with Crippen LogP contribution in [0.3, 0.4) is 0 Å². The minimum Gasteiger partial charge on any atom is -0.481 e. The lowest BCUT2D eigenvalue weighted by atomic mass is 9.76. The van der Waals surface area contributed by atoms with Crippen molar-refractivity contribution in [3.8, 4) is 0 Å². The number of ether oxygens (including phenoxy) is 1. The molecule has 104 valence electrons. The molecule has 0 saturated carbocycles. The summed E-state index contributed by atoms with van der Waals surface area (Å²) in [5, 5.41) is 9.26. The zero-order valence-corrected chi connectivity index (χ0v) is 11.4. The quantitative estimate of drug-likeness (QED) is 0.810. The van der Waals surface area contributed by atoms with E-state index in [4.69, 9.17) is 4.74 Å². The van der Waals surface area contributed by atoms with Crippen molar-refractivity contribution < 1.29 is 19.4 Å². The number of nitrogens with zero attached hydrogens (tertiary/aromatic N) is 1. The van der Waals surface area contributed by atoms with Crippen LogP contribution >= 0.6 is 0 Å². The Bertz CT molecular complexity index is 306. The van der Waals surface area contributed by atoms with Crippen LogP contribution in [0, 0.1) is 5.41 Å². The van der Waals surface area contributed by atoms with E-state index in [9.17, 15) is 14.7 Å². The van der Waals surface area contributed by atoms with Crippen molar-refractivity contribution in [3.05, 3.63) is 0 Å². The number of likely N-dealkylation sites (tertiary alicyclic amines) is 1. The van der Waals surface area contributed by atoms with Crippen molar-refractivity contribution in [1.29, 1.82) is 0 Å². The summed E-state index contributed by atoms with van der Waals surface area (Å²) in [6.45, 7) is 6.78. The number of carboxylic acid groups (broad SMARTS) is 1. The first-order chi connectivity index (χ1) is 8.41. The van der Waals surface area contributed by atoms with Gasteiger partial charge >= 0.3 is 5.97 Å². The first-order valence-electron chi connectivity index (χ1n) is 6.54. The summed E-state index contributed by atoms with van der Waals surface area (Å²) in [4.78, 5) is 24.8. The number of hydrogen-bond donors (Lipinski definition) is 1. The van der Waals surface area contributed by atoms with Gasteiger partial charge < -0.3 is 14.7 Å². The van der Waals surface area contributed by atoms with Crippen LogP contribution in [-0.2, 0) is 14.3 Å². The second-order valence-corrected chi connectivity index (χ2v) is 5.18. The third kappa shape index (κ3) is 3.45. The lowest BCUT2D eigenvalue weighted by Gasteiger charge is -2.38. The molecule has 1 fully saturated rings. The molecular formula is C13H23NO4. The van der Waals surface area contributed by atoms with Gasteiger partial charge in [0.25, 0.3) is 0 Å². The third-order valence-corrected chi connectivity index (χ3v) is 3.74. The van der Waals surface area contributed by atoms with Gasteiger partial charge in [0.05, 0.1) is 11.5 Å². The van der Waals surface area contributed by atoms with Crippen LogP contribution in [0.1, 0.15) is 40.0 Å². The molecule has 0 aliphatic carbocycles. The third-order valence-electron chi connectivity index (χ3n) is 3.74. The Balaban J connectivity index is 2.48.